The topological polar surface area (TPSA) is 47.6 Å². The summed E-state index contributed by atoms with van der Waals surface area (Å²) in [6.45, 7) is 4.54. The molecule has 0 heterocycles. The molecule has 0 atom stereocenters. The molecule has 0 spiro atoms. The Labute approximate surface area is 166 Å². The van der Waals surface area contributed by atoms with E-state index in [4.69, 9.17) is 9.47 Å². The van der Waals surface area contributed by atoms with E-state index in [1.165, 1.54) is 11.1 Å². The van der Waals surface area contributed by atoms with Gasteiger partial charge in [0.25, 0.3) is 5.91 Å². The summed E-state index contributed by atoms with van der Waals surface area (Å²) >= 11 is 0. The lowest BCUT2D eigenvalue weighted by atomic mass is 10.1. The molecule has 28 heavy (non-hydrogen) atoms. The quantitative estimate of drug-likeness (QED) is 0.606. The highest BCUT2D eigenvalue weighted by atomic mass is 16.5. The normalized spacial score (nSPS) is 10.4. The smallest absolute Gasteiger partial charge is 0.262 e. The van der Waals surface area contributed by atoms with Crippen molar-refractivity contribution < 1.29 is 14.3 Å². The van der Waals surface area contributed by atoms with Gasteiger partial charge < -0.3 is 14.8 Å². The van der Waals surface area contributed by atoms with E-state index in [9.17, 15) is 4.79 Å². The van der Waals surface area contributed by atoms with Gasteiger partial charge in [-0.2, -0.15) is 0 Å². The van der Waals surface area contributed by atoms with Gasteiger partial charge in [-0.05, 0) is 43.2 Å². The Hall–Kier alpha value is -3.27. The molecule has 4 heteroatoms. The molecule has 1 N–H and O–H groups in total. The van der Waals surface area contributed by atoms with Crippen LogP contribution in [0.1, 0.15) is 16.7 Å². The number of rotatable bonds is 8. The first kappa shape index (κ1) is 19.5. The predicted octanol–water partition coefficient (Wildman–Crippen LogP) is 4.94. The number of amides is 1. The summed E-state index contributed by atoms with van der Waals surface area (Å²) in [7, 11) is 0. The minimum absolute atomic E-state index is 0.0387. The maximum atomic E-state index is 12.2. The van der Waals surface area contributed by atoms with Crippen molar-refractivity contribution in [3.05, 3.63) is 89.5 Å². The lowest BCUT2D eigenvalue weighted by Gasteiger charge is -2.11. The van der Waals surface area contributed by atoms with E-state index in [0.29, 0.717) is 12.3 Å². The molecular weight excluding hydrogens is 350 g/mol. The number of ether oxygens (including phenoxy) is 2. The number of carbonyl (C=O) groups is 1. The Kier molecular flexibility index (Phi) is 6.68. The first-order chi connectivity index (χ1) is 13.6. The van der Waals surface area contributed by atoms with Crippen LogP contribution in [-0.2, 0) is 11.2 Å². The van der Waals surface area contributed by atoms with Gasteiger partial charge in [0.2, 0.25) is 0 Å². The minimum Gasteiger partial charge on any atom is -0.493 e. The van der Waals surface area contributed by atoms with Gasteiger partial charge in [-0.25, -0.2) is 0 Å². The van der Waals surface area contributed by atoms with Crippen LogP contribution < -0.4 is 14.8 Å². The summed E-state index contributed by atoms with van der Waals surface area (Å²) in [6.07, 6.45) is 0.834. The molecule has 3 aromatic carbocycles. The molecule has 1 amide bonds. The molecular formula is C24H25NO3. The fourth-order valence-corrected chi connectivity index (χ4v) is 2.90. The summed E-state index contributed by atoms with van der Waals surface area (Å²) in [5, 5.41) is 2.85. The molecule has 0 aromatic heterocycles. The molecule has 0 saturated carbocycles. The molecule has 0 saturated heterocycles. The molecule has 144 valence electrons. The second-order valence-corrected chi connectivity index (χ2v) is 6.72. The molecule has 3 rings (SSSR count). The molecule has 0 radical (unpaired) electrons. The zero-order chi connectivity index (χ0) is 19.8. The highest BCUT2D eigenvalue weighted by molar-refractivity contribution is 5.92. The van der Waals surface area contributed by atoms with Gasteiger partial charge in [0.15, 0.2) is 6.61 Å². The van der Waals surface area contributed by atoms with Gasteiger partial charge in [-0.15, -0.1) is 0 Å². The van der Waals surface area contributed by atoms with Crippen LogP contribution in [0.5, 0.6) is 11.5 Å². The van der Waals surface area contributed by atoms with Crippen LogP contribution in [0.15, 0.2) is 72.8 Å². The second kappa shape index (κ2) is 9.60. The van der Waals surface area contributed by atoms with Crippen molar-refractivity contribution in [2.75, 3.05) is 18.5 Å². The van der Waals surface area contributed by atoms with Gasteiger partial charge in [-0.1, -0.05) is 54.1 Å². The van der Waals surface area contributed by atoms with Gasteiger partial charge in [0.1, 0.15) is 11.5 Å². The van der Waals surface area contributed by atoms with Crippen molar-refractivity contribution in [2.45, 2.75) is 20.3 Å². The molecule has 3 aromatic rings. The van der Waals surface area contributed by atoms with Crippen LogP contribution in [0.25, 0.3) is 0 Å². The summed E-state index contributed by atoms with van der Waals surface area (Å²) < 4.78 is 11.4. The average molecular weight is 375 g/mol. The average Bonchev–Trinajstić information content (AvgIpc) is 2.68. The fourth-order valence-electron chi connectivity index (χ4n) is 2.90. The van der Waals surface area contributed by atoms with Crippen LogP contribution in [0.4, 0.5) is 5.69 Å². The van der Waals surface area contributed by atoms with E-state index in [-0.39, 0.29) is 12.5 Å². The van der Waals surface area contributed by atoms with E-state index in [1.807, 2.05) is 74.5 Å². The van der Waals surface area contributed by atoms with E-state index < -0.39 is 0 Å². The van der Waals surface area contributed by atoms with Crippen molar-refractivity contribution >= 4 is 11.6 Å². The van der Waals surface area contributed by atoms with Gasteiger partial charge in [0, 0.05) is 18.2 Å². The maximum Gasteiger partial charge on any atom is 0.262 e. The first-order valence-electron chi connectivity index (χ1n) is 9.37. The minimum atomic E-state index is -0.207. The van der Waals surface area contributed by atoms with Crippen LogP contribution in [-0.4, -0.2) is 19.1 Å². The number of anilines is 1. The standard InChI is InChI=1S/C24H25NO3/c1-18-11-12-23(19(2)15-18)28-17-24(26)25-21-9-6-10-22(16-21)27-14-13-20-7-4-3-5-8-20/h3-12,15-16H,13-14,17H2,1-2H3,(H,25,26). The first-order valence-corrected chi connectivity index (χ1v) is 9.37. The lowest BCUT2D eigenvalue weighted by Crippen LogP contribution is -2.20. The van der Waals surface area contributed by atoms with Gasteiger partial charge in [-0.3, -0.25) is 4.79 Å². The van der Waals surface area contributed by atoms with Crippen molar-refractivity contribution in [3.63, 3.8) is 0 Å². The van der Waals surface area contributed by atoms with E-state index in [0.717, 1.165) is 23.5 Å². The molecule has 0 unspecified atom stereocenters. The number of aryl methyl sites for hydroxylation is 2. The molecule has 0 aliphatic rings. The van der Waals surface area contributed by atoms with Crippen LogP contribution >= 0.6 is 0 Å². The molecule has 4 nitrogen and oxygen atoms in total. The molecule has 0 fully saturated rings. The molecule has 0 aliphatic heterocycles. The van der Waals surface area contributed by atoms with Crippen molar-refractivity contribution in [1.29, 1.82) is 0 Å². The Morgan fingerprint density at radius 3 is 2.50 bits per heavy atom. The highest BCUT2D eigenvalue weighted by Crippen LogP contribution is 2.20. The van der Waals surface area contributed by atoms with Crippen LogP contribution in [0.3, 0.4) is 0 Å². The third kappa shape index (κ3) is 5.88. The van der Waals surface area contributed by atoms with E-state index >= 15 is 0 Å². The zero-order valence-electron chi connectivity index (χ0n) is 16.3. The third-order valence-electron chi connectivity index (χ3n) is 4.31. The number of hydrogen-bond acceptors (Lipinski definition) is 3. The summed E-state index contributed by atoms with van der Waals surface area (Å²) in [4.78, 5) is 12.2. The number of hydrogen-bond donors (Lipinski definition) is 1. The van der Waals surface area contributed by atoms with Gasteiger partial charge >= 0.3 is 0 Å². The largest absolute Gasteiger partial charge is 0.493 e. The second-order valence-electron chi connectivity index (χ2n) is 6.72. The SMILES string of the molecule is Cc1ccc(OCC(=O)Nc2cccc(OCCc3ccccc3)c2)c(C)c1. The van der Waals surface area contributed by atoms with Crippen molar-refractivity contribution in [3.8, 4) is 11.5 Å². The molecule has 0 bridgehead atoms. The van der Waals surface area contributed by atoms with E-state index in [2.05, 4.69) is 17.4 Å². The fraction of sp³-hybridized carbons (Fsp3) is 0.208. The Balaban J connectivity index is 1.48. The maximum absolute atomic E-state index is 12.2. The molecule has 0 aliphatic carbocycles. The van der Waals surface area contributed by atoms with Crippen molar-refractivity contribution in [2.24, 2.45) is 0 Å². The summed E-state index contributed by atoms with van der Waals surface area (Å²) in [6, 6.07) is 23.5. The van der Waals surface area contributed by atoms with Crippen molar-refractivity contribution in [1.82, 2.24) is 0 Å². The van der Waals surface area contributed by atoms with E-state index in [1.54, 1.807) is 0 Å². The Bertz CT molecular complexity index is 922. The van der Waals surface area contributed by atoms with Crippen LogP contribution in [0.2, 0.25) is 0 Å². The number of benzene rings is 3. The number of carbonyl (C=O) groups excluding carboxylic acids is 1. The lowest BCUT2D eigenvalue weighted by molar-refractivity contribution is -0.118. The van der Waals surface area contributed by atoms with Crippen LogP contribution in [0, 0.1) is 13.8 Å². The zero-order valence-corrected chi connectivity index (χ0v) is 16.3. The van der Waals surface area contributed by atoms with Gasteiger partial charge in [0.05, 0.1) is 6.61 Å². The third-order valence-corrected chi connectivity index (χ3v) is 4.31. The highest BCUT2D eigenvalue weighted by Gasteiger charge is 2.07. The Morgan fingerprint density at radius 1 is 0.893 bits per heavy atom. The Morgan fingerprint density at radius 2 is 1.71 bits per heavy atom. The monoisotopic (exact) mass is 375 g/mol. The number of nitrogens with one attached hydrogen (secondary N) is 1. The predicted molar refractivity (Wildman–Crippen MR) is 112 cm³/mol. The summed E-state index contributed by atoms with van der Waals surface area (Å²) in [5.74, 6) is 1.24. The summed E-state index contributed by atoms with van der Waals surface area (Å²) in [5.41, 5.74) is 4.10.